The van der Waals surface area contributed by atoms with Crippen LogP contribution < -0.4 is 10.6 Å². The number of rotatable bonds is 5. The number of hydrogen-bond donors (Lipinski definition) is 0. The third kappa shape index (κ3) is 3.97. The summed E-state index contributed by atoms with van der Waals surface area (Å²) in [6, 6.07) is 13.5. The first-order chi connectivity index (χ1) is 16.4. The summed E-state index contributed by atoms with van der Waals surface area (Å²) in [6.45, 7) is 15.7. The van der Waals surface area contributed by atoms with Gasteiger partial charge >= 0.3 is 5.69 Å². The molecule has 3 atom stereocenters. The van der Waals surface area contributed by atoms with Gasteiger partial charge in [-0.1, -0.05) is 37.8 Å². The SMILES string of the molecule is [C-]#[N+]c1ccc2c(n1)c(N1C[C@@H](C)N(C(CC)c3ccc(C4CC4)cc3)C[C@@H]1C)nc(=O)n2C. The Kier molecular flexibility index (Phi) is 5.86. The van der Waals surface area contributed by atoms with Gasteiger partial charge in [-0.3, -0.25) is 9.47 Å². The van der Waals surface area contributed by atoms with E-state index >= 15 is 0 Å². The van der Waals surface area contributed by atoms with Crippen LogP contribution in [0, 0.1) is 6.57 Å². The van der Waals surface area contributed by atoms with Crippen molar-refractivity contribution in [2.24, 2.45) is 7.05 Å². The van der Waals surface area contributed by atoms with Gasteiger partial charge in [0, 0.05) is 38.3 Å². The second-order valence-corrected chi connectivity index (χ2v) is 9.84. The van der Waals surface area contributed by atoms with E-state index < -0.39 is 0 Å². The molecule has 1 saturated carbocycles. The van der Waals surface area contributed by atoms with E-state index in [1.807, 2.05) is 0 Å². The molecule has 2 fully saturated rings. The number of nitrogens with zero attached hydrogens (tertiary/aromatic N) is 6. The summed E-state index contributed by atoms with van der Waals surface area (Å²) in [7, 11) is 1.70. The molecule has 2 aromatic heterocycles. The smallest absolute Gasteiger partial charge is 0.350 e. The van der Waals surface area contributed by atoms with Crippen molar-refractivity contribution in [3.8, 4) is 0 Å². The molecular weight excluding hydrogens is 424 g/mol. The van der Waals surface area contributed by atoms with Gasteiger partial charge in [0.15, 0.2) is 5.82 Å². The number of pyridine rings is 1. The third-order valence-corrected chi connectivity index (χ3v) is 7.50. The number of aryl methyl sites for hydroxylation is 1. The van der Waals surface area contributed by atoms with Crippen LogP contribution in [-0.4, -0.2) is 44.6 Å². The van der Waals surface area contributed by atoms with Crippen molar-refractivity contribution in [1.29, 1.82) is 0 Å². The van der Waals surface area contributed by atoms with Gasteiger partial charge in [0.1, 0.15) is 0 Å². The summed E-state index contributed by atoms with van der Waals surface area (Å²) in [4.78, 5) is 29.9. The lowest BCUT2D eigenvalue weighted by molar-refractivity contribution is 0.107. The largest absolute Gasteiger partial charge is 0.361 e. The second-order valence-electron chi connectivity index (χ2n) is 9.84. The molecule has 34 heavy (non-hydrogen) atoms. The van der Waals surface area contributed by atoms with E-state index in [1.54, 1.807) is 19.2 Å². The monoisotopic (exact) mass is 456 g/mol. The molecule has 0 spiro atoms. The summed E-state index contributed by atoms with van der Waals surface area (Å²) in [5.74, 6) is 1.67. The third-order valence-electron chi connectivity index (χ3n) is 7.50. The van der Waals surface area contributed by atoms with E-state index in [-0.39, 0.29) is 17.8 Å². The van der Waals surface area contributed by atoms with Crippen LogP contribution in [0.5, 0.6) is 0 Å². The Bertz CT molecular complexity index is 1300. The van der Waals surface area contributed by atoms with Crippen molar-refractivity contribution in [2.75, 3.05) is 18.0 Å². The maximum atomic E-state index is 12.6. The van der Waals surface area contributed by atoms with Crippen LogP contribution in [0.25, 0.3) is 15.9 Å². The zero-order chi connectivity index (χ0) is 24.0. The van der Waals surface area contributed by atoms with Gasteiger partial charge in [-0.05, 0) is 62.3 Å². The molecule has 2 aliphatic rings. The lowest BCUT2D eigenvalue weighted by Crippen LogP contribution is -2.57. The summed E-state index contributed by atoms with van der Waals surface area (Å²) in [6.07, 6.45) is 3.69. The molecule has 7 nitrogen and oxygen atoms in total. The van der Waals surface area contributed by atoms with Crippen LogP contribution in [0.2, 0.25) is 0 Å². The Morgan fingerprint density at radius 3 is 2.44 bits per heavy atom. The fourth-order valence-electron chi connectivity index (χ4n) is 5.41. The minimum Gasteiger partial charge on any atom is -0.361 e. The molecule has 0 radical (unpaired) electrons. The highest BCUT2D eigenvalue weighted by molar-refractivity contribution is 5.87. The van der Waals surface area contributed by atoms with Crippen molar-refractivity contribution in [2.45, 2.75) is 64.1 Å². The van der Waals surface area contributed by atoms with Crippen molar-refractivity contribution in [3.63, 3.8) is 0 Å². The van der Waals surface area contributed by atoms with E-state index in [9.17, 15) is 4.79 Å². The van der Waals surface area contributed by atoms with Gasteiger partial charge < -0.3 is 9.74 Å². The molecule has 176 valence electrons. The highest BCUT2D eigenvalue weighted by Crippen LogP contribution is 2.41. The molecule has 1 aliphatic carbocycles. The first kappa shape index (κ1) is 22.5. The molecule has 1 unspecified atom stereocenters. The molecule has 1 saturated heterocycles. The number of hydrogen-bond acceptors (Lipinski definition) is 5. The molecule has 1 aromatic carbocycles. The Hall–Kier alpha value is -3.24. The summed E-state index contributed by atoms with van der Waals surface area (Å²) >= 11 is 0. The molecular formula is C27H32N6O. The van der Waals surface area contributed by atoms with Gasteiger partial charge in [-0.25, -0.2) is 4.79 Å². The van der Waals surface area contributed by atoms with Crippen LogP contribution in [0.3, 0.4) is 0 Å². The molecule has 5 rings (SSSR count). The fourth-order valence-corrected chi connectivity index (χ4v) is 5.41. The van der Waals surface area contributed by atoms with Crippen molar-refractivity contribution >= 4 is 22.7 Å². The molecule has 0 amide bonds. The van der Waals surface area contributed by atoms with Crippen LogP contribution in [-0.2, 0) is 7.05 Å². The lowest BCUT2D eigenvalue weighted by atomic mass is 9.96. The van der Waals surface area contributed by atoms with Crippen LogP contribution in [0.15, 0.2) is 41.2 Å². The molecule has 3 heterocycles. The van der Waals surface area contributed by atoms with Gasteiger partial charge in [-0.15, -0.1) is 4.98 Å². The topological polar surface area (TPSA) is 58.6 Å². The van der Waals surface area contributed by atoms with E-state index in [0.29, 0.717) is 28.7 Å². The number of aromatic nitrogens is 3. The van der Waals surface area contributed by atoms with E-state index in [0.717, 1.165) is 25.4 Å². The standard InChI is InChI=1S/C27H32N6O/c1-6-22(21-11-9-20(10-12-21)19-7-8-19)32-15-18(3)33(16-17(32)2)26-25-23(31(5)27(34)30-26)13-14-24(28-4)29-25/h9-14,17-19,22H,6-8,15-16H2,1-3,5H3/t17-,18+,22?/m1/s1. The minimum atomic E-state index is -0.302. The predicted molar refractivity (Wildman–Crippen MR) is 135 cm³/mol. The zero-order valence-corrected chi connectivity index (χ0v) is 20.4. The average molecular weight is 457 g/mol. The number of piperazine rings is 1. The van der Waals surface area contributed by atoms with Crippen LogP contribution in [0.1, 0.15) is 63.1 Å². The summed E-state index contributed by atoms with van der Waals surface area (Å²) in [5.41, 5.74) is 3.86. The quantitative estimate of drug-likeness (QED) is 0.516. The summed E-state index contributed by atoms with van der Waals surface area (Å²) in [5, 5.41) is 0. The van der Waals surface area contributed by atoms with E-state index in [2.05, 4.69) is 69.6 Å². The van der Waals surface area contributed by atoms with Crippen LogP contribution >= 0.6 is 0 Å². The minimum absolute atomic E-state index is 0.150. The maximum absolute atomic E-state index is 12.6. The van der Waals surface area contributed by atoms with Crippen molar-refractivity contribution in [1.82, 2.24) is 19.4 Å². The summed E-state index contributed by atoms with van der Waals surface area (Å²) < 4.78 is 1.50. The highest BCUT2D eigenvalue weighted by Gasteiger charge is 2.36. The lowest BCUT2D eigenvalue weighted by Gasteiger charge is -2.47. The molecule has 1 aliphatic heterocycles. The van der Waals surface area contributed by atoms with E-state index in [4.69, 9.17) is 6.57 Å². The molecule has 0 N–H and O–H groups in total. The van der Waals surface area contributed by atoms with Crippen LogP contribution in [0.4, 0.5) is 11.6 Å². The Morgan fingerprint density at radius 1 is 1.06 bits per heavy atom. The maximum Gasteiger partial charge on any atom is 0.350 e. The van der Waals surface area contributed by atoms with Gasteiger partial charge in [-0.2, -0.15) is 4.98 Å². The predicted octanol–water partition coefficient (Wildman–Crippen LogP) is 4.81. The zero-order valence-electron chi connectivity index (χ0n) is 20.4. The van der Waals surface area contributed by atoms with Gasteiger partial charge in [0.05, 0.1) is 5.52 Å². The molecule has 3 aromatic rings. The fraction of sp³-hybridized carbons (Fsp3) is 0.481. The van der Waals surface area contributed by atoms with Gasteiger partial charge in [0.2, 0.25) is 5.52 Å². The average Bonchev–Trinajstić information content (AvgIpc) is 3.69. The van der Waals surface area contributed by atoms with Gasteiger partial charge in [0.25, 0.3) is 5.82 Å². The number of benzene rings is 1. The Labute approximate surface area is 200 Å². The van der Waals surface area contributed by atoms with Crippen molar-refractivity contribution in [3.05, 3.63) is 69.4 Å². The Balaban J connectivity index is 1.45. The molecule has 7 heteroatoms. The van der Waals surface area contributed by atoms with E-state index in [1.165, 1.54) is 28.5 Å². The second kappa shape index (κ2) is 8.84. The molecule has 0 bridgehead atoms. The number of anilines is 1. The number of fused-ring (bicyclic) bond motifs is 1. The first-order valence-corrected chi connectivity index (χ1v) is 12.3. The van der Waals surface area contributed by atoms with Crippen molar-refractivity contribution < 1.29 is 0 Å². The Morgan fingerprint density at radius 2 is 1.79 bits per heavy atom. The highest BCUT2D eigenvalue weighted by atomic mass is 16.1. The normalized spacial score (nSPS) is 22.0. The first-order valence-electron chi connectivity index (χ1n) is 12.3.